The zero-order chi connectivity index (χ0) is 16.1. The zero-order valence-corrected chi connectivity index (χ0v) is 14.3. The molecule has 1 aromatic heterocycles. The van der Waals surface area contributed by atoms with Gasteiger partial charge in [0.2, 0.25) is 0 Å². The minimum atomic E-state index is 0.0958. The van der Waals surface area contributed by atoms with Crippen molar-refractivity contribution in [3.63, 3.8) is 0 Å². The molecule has 6 heteroatoms. The molecule has 122 valence electrons. The van der Waals surface area contributed by atoms with Gasteiger partial charge in [-0.1, -0.05) is 41.7 Å². The van der Waals surface area contributed by atoms with Crippen molar-refractivity contribution in [2.24, 2.45) is 0 Å². The second kappa shape index (κ2) is 7.66. The van der Waals surface area contributed by atoms with Gasteiger partial charge in [-0.25, -0.2) is 0 Å². The van der Waals surface area contributed by atoms with Crippen molar-refractivity contribution in [2.75, 3.05) is 26.2 Å². The summed E-state index contributed by atoms with van der Waals surface area (Å²) in [5.41, 5.74) is 2.15. The largest absolute Gasteiger partial charge is 0.337 e. The monoisotopic (exact) mass is 330 g/mol. The molecule has 0 radical (unpaired) electrons. The first-order chi connectivity index (χ1) is 11.3. The minimum absolute atomic E-state index is 0.0958. The number of benzene rings is 1. The van der Waals surface area contributed by atoms with Gasteiger partial charge in [0.15, 0.2) is 0 Å². The van der Waals surface area contributed by atoms with Crippen LogP contribution in [0.2, 0.25) is 0 Å². The fourth-order valence-corrected chi connectivity index (χ4v) is 3.64. The van der Waals surface area contributed by atoms with Crippen LogP contribution in [0.25, 0.3) is 0 Å². The van der Waals surface area contributed by atoms with E-state index in [0.717, 1.165) is 51.3 Å². The van der Waals surface area contributed by atoms with E-state index in [0.29, 0.717) is 4.88 Å². The molecule has 0 spiro atoms. The Labute approximate surface area is 141 Å². The lowest BCUT2D eigenvalue weighted by atomic mass is 10.2. The Morgan fingerprint density at radius 1 is 1.17 bits per heavy atom. The molecule has 3 rings (SSSR count). The SMILES string of the molecule is CCc1nnsc1C(=O)N1CCCN(Cc2ccccc2)CC1. The summed E-state index contributed by atoms with van der Waals surface area (Å²) in [4.78, 5) is 17.8. The molecular formula is C17H22N4OS. The average molecular weight is 330 g/mol. The second-order valence-electron chi connectivity index (χ2n) is 5.81. The lowest BCUT2D eigenvalue weighted by Crippen LogP contribution is -2.35. The molecule has 1 saturated heterocycles. The molecule has 0 atom stereocenters. The summed E-state index contributed by atoms with van der Waals surface area (Å²) in [6.45, 7) is 6.48. The minimum Gasteiger partial charge on any atom is -0.337 e. The summed E-state index contributed by atoms with van der Waals surface area (Å²) >= 11 is 1.22. The van der Waals surface area contributed by atoms with Crippen LogP contribution in [0.15, 0.2) is 30.3 Å². The van der Waals surface area contributed by atoms with Crippen molar-refractivity contribution in [1.29, 1.82) is 0 Å². The molecule has 0 unspecified atom stereocenters. The second-order valence-corrected chi connectivity index (χ2v) is 6.56. The number of rotatable bonds is 4. The van der Waals surface area contributed by atoms with E-state index in [1.165, 1.54) is 17.1 Å². The molecule has 0 aliphatic carbocycles. The molecule has 5 nitrogen and oxygen atoms in total. The van der Waals surface area contributed by atoms with E-state index in [-0.39, 0.29) is 5.91 Å². The van der Waals surface area contributed by atoms with Crippen molar-refractivity contribution < 1.29 is 4.79 Å². The Morgan fingerprint density at radius 3 is 2.78 bits per heavy atom. The number of hydrogen-bond donors (Lipinski definition) is 0. The first kappa shape index (κ1) is 16.1. The molecule has 1 aromatic carbocycles. The highest BCUT2D eigenvalue weighted by Gasteiger charge is 2.24. The molecule has 2 heterocycles. The first-order valence-electron chi connectivity index (χ1n) is 8.14. The normalized spacial score (nSPS) is 16.3. The Morgan fingerprint density at radius 2 is 2.00 bits per heavy atom. The molecule has 23 heavy (non-hydrogen) atoms. The third-order valence-electron chi connectivity index (χ3n) is 4.21. The number of amides is 1. The van der Waals surface area contributed by atoms with Gasteiger partial charge in [0.25, 0.3) is 5.91 Å². The van der Waals surface area contributed by atoms with Gasteiger partial charge < -0.3 is 4.90 Å². The van der Waals surface area contributed by atoms with Gasteiger partial charge in [-0.3, -0.25) is 9.69 Å². The Balaban J connectivity index is 1.61. The highest BCUT2D eigenvalue weighted by molar-refractivity contribution is 7.08. The fourth-order valence-electron chi connectivity index (χ4n) is 2.92. The van der Waals surface area contributed by atoms with Crippen LogP contribution < -0.4 is 0 Å². The van der Waals surface area contributed by atoms with Crippen LogP contribution in [-0.4, -0.2) is 51.5 Å². The molecular weight excluding hydrogens is 308 g/mol. The summed E-state index contributed by atoms with van der Waals surface area (Å²) < 4.78 is 3.94. The van der Waals surface area contributed by atoms with Gasteiger partial charge >= 0.3 is 0 Å². The molecule has 0 saturated carbocycles. The molecule has 0 bridgehead atoms. The summed E-state index contributed by atoms with van der Waals surface area (Å²) in [5, 5.41) is 4.06. The van der Waals surface area contributed by atoms with Gasteiger partial charge in [-0.2, -0.15) is 0 Å². The van der Waals surface area contributed by atoms with Crippen LogP contribution in [0.5, 0.6) is 0 Å². The maximum absolute atomic E-state index is 12.7. The maximum atomic E-state index is 12.7. The van der Waals surface area contributed by atoms with Crippen molar-refractivity contribution in [1.82, 2.24) is 19.4 Å². The zero-order valence-electron chi connectivity index (χ0n) is 13.4. The molecule has 1 aliphatic rings. The van der Waals surface area contributed by atoms with E-state index < -0.39 is 0 Å². The van der Waals surface area contributed by atoms with Crippen molar-refractivity contribution >= 4 is 17.4 Å². The lowest BCUT2D eigenvalue weighted by Gasteiger charge is -2.21. The average Bonchev–Trinajstić information content (AvgIpc) is 2.95. The van der Waals surface area contributed by atoms with Crippen molar-refractivity contribution in [3.05, 3.63) is 46.5 Å². The maximum Gasteiger partial charge on any atom is 0.267 e. The number of hydrogen-bond acceptors (Lipinski definition) is 5. The third-order valence-corrected chi connectivity index (χ3v) is 4.97. The van der Waals surface area contributed by atoms with Crippen molar-refractivity contribution in [3.8, 4) is 0 Å². The Hall–Kier alpha value is -1.79. The Bertz CT molecular complexity index is 643. The van der Waals surface area contributed by atoms with Crippen LogP contribution in [-0.2, 0) is 13.0 Å². The standard InChI is InChI=1S/C17H22N4OS/c1-2-15-16(23-19-18-15)17(22)21-10-6-9-20(11-12-21)13-14-7-4-3-5-8-14/h3-5,7-8H,2,6,9-13H2,1H3. The predicted octanol–water partition coefficient (Wildman–Crippen LogP) is 2.45. The fraction of sp³-hybridized carbons (Fsp3) is 0.471. The first-order valence-corrected chi connectivity index (χ1v) is 8.92. The van der Waals surface area contributed by atoms with Crippen LogP contribution in [0.3, 0.4) is 0 Å². The smallest absolute Gasteiger partial charge is 0.267 e. The molecule has 2 aromatic rings. The quantitative estimate of drug-likeness (QED) is 0.864. The van der Waals surface area contributed by atoms with Crippen LogP contribution in [0, 0.1) is 0 Å². The Kier molecular flexibility index (Phi) is 5.35. The van der Waals surface area contributed by atoms with E-state index >= 15 is 0 Å². The van der Waals surface area contributed by atoms with Gasteiger partial charge in [0.05, 0.1) is 5.69 Å². The molecule has 1 amide bonds. The highest BCUT2D eigenvalue weighted by Crippen LogP contribution is 2.16. The van der Waals surface area contributed by atoms with E-state index in [9.17, 15) is 4.79 Å². The number of carbonyl (C=O) groups excluding carboxylic acids is 1. The summed E-state index contributed by atoms with van der Waals surface area (Å²) in [6.07, 6.45) is 1.76. The topological polar surface area (TPSA) is 49.3 Å². The van der Waals surface area contributed by atoms with E-state index in [1.54, 1.807) is 0 Å². The van der Waals surface area contributed by atoms with Gasteiger partial charge in [0, 0.05) is 32.7 Å². The van der Waals surface area contributed by atoms with E-state index in [1.807, 2.05) is 17.9 Å². The van der Waals surface area contributed by atoms with Gasteiger partial charge in [-0.05, 0) is 29.9 Å². The van der Waals surface area contributed by atoms with Crippen molar-refractivity contribution in [2.45, 2.75) is 26.3 Å². The molecule has 1 fully saturated rings. The number of aromatic nitrogens is 2. The van der Waals surface area contributed by atoms with E-state index in [2.05, 4.69) is 38.8 Å². The van der Waals surface area contributed by atoms with Crippen LogP contribution in [0.4, 0.5) is 0 Å². The number of aryl methyl sites for hydroxylation is 1. The molecule has 1 aliphatic heterocycles. The predicted molar refractivity (Wildman–Crippen MR) is 91.5 cm³/mol. The number of carbonyl (C=O) groups is 1. The summed E-state index contributed by atoms with van der Waals surface area (Å²) in [7, 11) is 0. The highest BCUT2D eigenvalue weighted by atomic mass is 32.1. The molecule has 0 N–H and O–H groups in total. The summed E-state index contributed by atoms with van der Waals surface area (Å²) in [5.74, 6) is 0.0958. The van der Waals surface area contributed by atoms with Crippen LogP contribution in [0.1, 0.15) is 34.3 Å². The summed E-state index contributed by atoms with van der Waals surface area (Å²) in [6, 6.07) is 10.5. The third kappa shape index (κ3) is 3.95. The van der Waals surface area contributed by atoms with Gasteiger partial charge in [-0.15, -0.1) is 5.10 Å². The van der Waals surface area contributed by atoms with Gasteiger partial charge in [0.1, 0.15) is 4.88 Å². The number of nitrogens with zero attached hydrogens (tertiary/aromatic N) is 4. The lowest BCUT2D eigenvalue weighted by molar-refractivity contribution is 0.0764. The van der Waals surface area contributed by atoms with E-state index in [4.69, 9.17) is 0 Å². The van der Waals surface area contributed by atoms with Crippen LogP contribution >= 0.6 is 11.5 Å².